The molecule has 0 spiro atoms. The van der Waals surface area contributed by atoms with Crippen LogP contribution in [0.1, 0.15) is 33.2 Å². The van der Waals surface area contributed by atoms with Crippen LogP contribution in [0.3, 0.4) is 0 Å². The van der Waals surface area contributed by atoms with Gasteiger partial charge in [-0.05, 0) is 31.2 Å². The Bertz CT molecular complexity index is 826. The maximum atomic E-state index is 12.7. The van der Waals surface area contributed by atoms with E-state index in [0.29, 0.717) is 36.3 Å². The van der Waals surface area contributed by atoms with Gasteiger partial charge in [0.2, 0.25) is 0 Å². The van der Waals surface area contributed by atoms with Gasteiger partial charge in [0.05, 0.1) is 5.56 Å². The van der Waals surface area contributed by atoms with E-state index >= 15 is 0 Å². The van der Waals surface area contributed by atoms with Gasteiger partial charge in [-0.25, -0.2) is 4.98 Å². The van der Waals surface area contributed by atoms with Crippen molar-refractivity contribution in [3.63, 3.8) is 0 Å². The fourth-order valence-electron chi connectivity index (χ4n) is 3.03. The molecule has 6 nitrogen and oxygen atoms in total. The third-order valence-electron chi connectivity index (χ3n) is 4.36. The second kappa shape index (κ2) is 7.14. The van der Waals surface area contributed by atoms with E-state index in [0.717, 1.165) is 12.1 Å². The number of carbonyl (C=O) groups excluding carboxylic acids is 2. The average Bonchev–Trinajstić information content (AvgIpc) is 2.67. The van der Waals surface area contributed by atoms with Gasteiger partial charge in [-0.15, -0.1) is 0 Å². The molecule has 2 heterocycles. The molecule has 1 saturated heterocycles. The van der Waals surface area contributed by atoms with Crippen LogP contribution in [0.15, 0.2) is 42.6 Å². The van der Waals surface area contributed by atoms with E-state index in [9.17, 15) is 9.59 Å². The first-order valence-corrected chi connectivity index (χ1v) is 8.09. The van der Waals surface area contributed by atoms with Gasteiger partial charge in [-0.1, -0.05) is 12.1 Å². The molecule has 25 heavy (non-hydrogen) atoms. The molecule has 1 atom stereocenters. The molecule has 1 unspecified atom stereocenters. The van der Waals surface area contributed by atoms with Crippen LogP contribution in [-0.4, -0.2) is 47.8 Å². The van der Waals surface area contributed by atoms with E-state index in [1.165, 1.54) is 0 Å². The third kappa shape index (κ3) is 3.50. The van der Waals surface area contributed by atoms with Crippen molar-refractivity contribution in [2.45, 2.75) is 13.0 Å². The predicted molar refractivity (Wildman–Crippen MR) is 93.5 cm³/mol. The van der Waals surface area contributed by atoms with Gasteiger partial charge >= 0.3 is 0 Å². The molecule has 0 aliphatic carbocycles. The monoisotopic (exact) mass is 334 g/mol. The van der Waals surface area contributed by atoms with Crippen molar-refractivity contribution in [3.8, 4) is 6.07 Å². The van der Waals surface area contributed by atoms with Crippen LogP contribution in [0.5, 0.6) is 0 Å². The zero-order valence-electron chi connectivity index (χ0n) is 13.9. The van der Waals surface area contributed by atoms with Crippen molar-refractivity contribution in [2.24, 2.45) is 0 Å². The summed E-state index contributed by atoms with van der Waals surface area (Å²) in [5.41, 5.74) is 1.56. The molecule has 1 aromatic heterocycles. The van der Waals surface area contributed by atoms with E-state index < -0.39 is 0 Å². The summed E-state index contributed by atoms with van der Waals surface area (Å²) in [6.45, 7) is 3.86. The zero-order valence-corrected chi connectivity index (χ0v) is 13.9. The molecule has 0 N–H and O–H groups in total. The molecular weight excluding hydrogens is 316 g/mol. The summed E-state index contributed by atoms with van der Waals surface area (Å²) in [7, 11) is 0. The van der Waals surface area contributed by atoms with Crippen LogP contribution in [0.2, 0.25) is 0 Å². The molecule has 126 valence electrons. The summed E-state index contributed by atoms with van der Waals surface area (Å²) in [6.07, 6.45) is 2.30. The first kappa shape index (κ1) is 16.7. The van der Waals surface area contributed by atoms with Gasteiger partial charge in [-0.3, -0.25) is 9.59 Å². The number of aromatic nitrogens is 1. The van der Waals surface area contributed by atoms with Crippen molar-refractivity contribution < 1.29 is 9.59 Å². The molecule has 1 aliphatic rings. The number of amides is 1. The number of benzene rings is 1. The largest absolute Gasteiger partial charge is 0.350 e. The molecule has 2 aromatic rings. The summed E-state index contributed by atoms with van der Waals surface area (Å²) >= 11 is 0. The summed E-state index contributed by atoms with van der Waals surface area (Å²) in [5, 5.41) is 8.86. The maximum absolute atomic E-state index is 12.7. The van der Waals surface area contributed by atoms with E-state index in [1.807, 2.05) is 13.0 Å². The minimum absolute atomic E-state index is 0.0667. The maximum Gasteiger partial charge on any atom is 0.254 e. The lowest BCUT2D eigenvalue weighted by Crippen LogP contribution is -2.54. The summed E-state index contributed by atoms with van der Waals surface area (Å²) in [5.74, 6) is 0.740. The molecule has 0 radical (unpaired) electrons. The summed E-state index contributed by atoms with van der Waals surface area (Å²) in [4.78, 5) is 31.8. The number of nitrogens with zero attached hydrogens (tertiary/aromatic N) is 4. The molecule has 1 amide bonds. The third-order valence-corrected chi connectivity index (χ3v) is 4.36. The SMILES string of the molecule is CC1CN(C(=O)c2cccc(C=O)c2)CCN1c1ccc(C#N)cn1. The van der Waals surface area contributed by atoms with Crippen molar-refractivity contribution in [1.29, 1.82) is 5.26 Å². The van der Waals surface area contributed by atoms with E-state index in [4.69, 9.17) is 5.26 Å². The van der Waals surface area contributed by atoms with Crippen LogP contribution < -0.4 is 4.90 Å². The van der Waals surface area contributed by atoms with Gasteiger partial charge in [-0.2, -0.15) is 5.26 Å². The smallest absolute Gasteiger partial charge is 0.254 e. The Morgan fingerprint density at radius 1 is 1.32 bits per heavy atom. The number of hydrogen-bond acceptors (Lipinski definition) is 5. The number of anilines is 1. The Morgan fingerprint density at radius 3 is 2.80 bits per heavy atom. The Morgan fingerprint density at radius 2 is 2.16 bits per heavy atom. The number of nitriles is 1. The van der Waals surface area contributed by atoms with Crippen molar-refractivity contribution in [2.75, 3.05) is 24.5 Å². The van der Waals surface area contributed by atoms with Gasteiger partial charge < -0.3 is 9.80 Å². The van der Waals surface area contributed by atoms with Crippen LogP contribution in [0.4, 0.5) is 5.82 Å². The van der Waals surface area contributed by atoms with Gasteiger partial charge in [0.1, 0.15) is 18.2 Å². The normalized spacial score (nSPS) is 17.0. The van der Waals surface area contributed by atoms with Crippen LogP contribution in [-0.2, 0) is 0 Å². The lowest BCUT2D eigenvalue weighted by Gasteiger charge is -2.40. The molecule has 0 bridgehead atoms. The van der Waals surface area contributed by atoms with E-state index in [1.54, 1.807) is 41.4 Å². The van der Waals surface area contributed by atoms with Crippen LogP contribution in [0.25, 0.3) is 0 Å². The zero-order chi connectivity index (χ0) is 17.8. The molecule has 1 aromatic carbocycles. The number of rotatable bonds is 3. The Kier molecular flexibility index (Phi) is 4.75. The standard InChI is InChI=1S/C19H18N4O2/c1-14-12-22(19(25)17-4-2-3-15(9-17)13-24)7-8-23(14)18-6-5-16(10-20)11-21-18/h2-6,9,11,13-14H,7-8,12H2,1H3. The van der Waals surface area contributed by atoms with Crippen molar-refractivity contribution in [1.82, 2.24) is 9.88 Å². The quantitative estimate of drug-likeness (QED) is 0.804. The Labute approximate surface area is 146 Å². The minimum Gasteiger partial charge on any atom is -0.350 e. The number of carbonyl (C=O) groups is 2. The average molecular weight is 334 g/mol. The van der Waals surface area contributed by atoms with Gasteiger partial charge in [0.25, 0.3) is 5.91 Å². The first-order valence-electron chi connectivity index (χ1n) is 8.09. The van der Waals surface area contributed by atoms with Crippen LogP contribution >= 0.6 is 0 Å². The highest BCUT2D eigenvalue weighted by Gasteiger charge is 2.28. The molecule has 1 aliphatic heterocycles. The molecule has 6 heteroatoms. The number of aldehydes is 1. The molecule has 1 fully saturated rings. The van der Waals surface area contributed by atoms with Gasteiger partial charge in [0.15, 0.2) is 0 Å². The Hall–Kier alpha value is -3.20. The predicted octanol–water partition coefficient (Wildman–Crippen LogP) is 2.12. The molecule has 3 rings (SSSR count). The molecular formula is C19H18N4O2. The fourth-order valence-corrected chi connectivity index (χ4v) is 3.03. The topological polar surface area (TPSA) is 77.3 Å². The second-order valence-electron chi connectivity index (χ2n) is 6.05. The highest BCUT2D eigenvalue weighted by molar-refractivity contribution is 5.96. The van der Waals surface area contributed by atoms with Crippen LogP contribution in [0, 0.1) is 11.3 Å². The van der Waals surface area contributed by atoms with E-state index in [2.05, 4.69) is 16.0 Å². The summed E-state index contributed by atoms with van der Waals surface area (Å²) in [6, 6.07) is 12.5. The van der Waals surface area contributed by atoms with Crippen molar-refractivity contribution in [3.05, 3.63) is 59.3 Å². The Balaban J connectivity index is 1.71. The lowest BCUT2D eigenvalue weighted by molar-refractivity contribution is 0.0726. The minimum atomic E-state index is -0.0667. The van der Waals surface area contributed by atoms with Crippen molar-refractivity contribution >= 4 is 18.0 Å². The lowest BCUT2D eigenvalue weighted by atomic mass is 10.1. The highest BCUT2D eigenvalue weighted by atomic mass is 16.2. The first-order chi connectivity index (χ1) is 12.1. The fraction of sp³-hybridized carbons (Fsp3) is 0.263. The second-order valence-corrected chi connectivity index (χ2v) is 6.05. The number of hydrogen-bond donors (Lipinski definition) is 0. The number of piperazine rings is 1. The molecule has 0 saturated carbocycles. The number of pyridine rings is 1. The van der Waals surface area contributed by atoms with Gasteiger partial charge in [0, 0.05) is 43.0 Å². The highest BCUT2D eigenvalue weighted by Crippen LogP contribution is 2.20. The summed E-state index contributed by atoms with van der Waals surface area (Å²) < 4.78 is 0. The van der Waals surface area contributed by atoms with E-state index in [-0.39, 0.29) is 11.9 Å².